The lowest BCUT2D eigenvalue weighted by molar-refractivity contribution is -0.210. The molecule has 4 atom stereocenters. The van der Waals surface area contributed by atoms with Crippen LogP contribution < -0.4 is 9.47 Å². The first kappa shape index (κ1) is 24.7. The van der Waals surface area contributed by atoms with Gasteiger partial charge in [0.05, 0.1) is 13.5 Å². The number of methoxy groups -OCH3 is 1. The van der Waals surface area contributed by atoms with Crippen LogP contribution in [0.15, 0.2) is 35.6 Å². The number of hydrogen-bond acceptors (Lipinski definition) is 8. The van der Waals surface area contributed by atoms with Crippen LogP contribution in [0.2, 0.25) is 0 Å². The molecule has 1 aromatic rings. The number of hydrogen-bond donors (Lipinski definition) is 0. The maximum atomic E-state index is 13.6. The van der Waals surface area contributed by atoms with Crippen LogP contribution >= 0.6 is 0 Å². The Bertz CT molecular complexity index is 1100. The van der Waals surface area contributed by atoms with E-state index < -0.39 is 17.7 Å². The van der Waals surface area contributed by atoms with E-state index in [1.165, 1.54) is 0 Å². The van der Waals surface area contributed by atoms with Gasteiger partial charge in [-0.05, 0) is 62.6 Å². The summed E-state index contributed by atoms with van der Waals surface area (Å²) in [5.74, 6) is 0.982. The Morgan fingerprint density at radius 2 is 2.00 bits per heavy atom. The first-order valence-corrected chi connectivity index (χ1v) is 12.8. The molecule has 194 valence electrons. The van der Waals surface area contributed by atoms with Crippen molar-refractivity contribution in [1.82, 2.24) is 4.90 Å². The lowest BCUT2D eigenvalue weighted by Crippen LogP contribution is -2.55. The van der Waals surface area contributed by atoms with Gasteiger partial charge in [0.25, 0.3) is 0 Å². The molecular weight excluding hydrogens is 462 g/mol. The SMILES string of the molecule is CCCCN1CCc2cc3c(cc2[C@@H]2[C@H](OC(=O)[C@@]4(CC=C(C)C)CC(=O)O4)C(OC)=C[C@@H]21)OCO3. The van der Waals surface area contributed by atoms with E-state index in [0.29, 0.717) is 17.9 Å². The molecule has 0 spiro atoms. The minimum absolute atomic E-state index is 0.00333. The summed E-state index contributed by atoms with van der Waals surface area (Å²) in [6.45, 7) is 8.10. The molecule has 1 fully saturated rings. The van der Waals surface area contributed by atoms with E-state index in [0.717, 1.165) is 54.8 Å². The number of carbonyl (C=O) groups excluding carboxylic acids is 2. The van der Waals surface area contributed by atoms with E-state index in [1.54, 1.807) is 7.11 Å². The van der Waals surface area contributed by atoms with Gasteiger partial charge in [-0.1, -0.05) is 25.0 Å². The van der Waals surface area contributed by atoms with Crippen LogP contribution in [0, 0.1) is 0 Å². The predicted octanol–water partition coefficient (Wildman–Crippen LogP) is 4.02. The Kier molecular flexibility index (Phi) is 6.72. The van der Waals surface area contributed by atoms with E-state index in [4.69, 9.17) is 23.7 Å². The molecule has 36 heavy (non-hydrogen) atoms. The summed E-state index contributed by atoms with van der Waals surface area (Å²) in [4.78, 5) is 27.8. The number of esters is 2. The van der Waals surface area contributed by atoms with Gasteiger partial charge in [0.2, 0.25) is 12.4 Å². The smallest absolute Gasteiger partial charge is 0.352 e. The molecular formula is C28H35NO7. The van der Waals surface area contributed by atoms with Gasteiger partial charge in [-0.25, -0.2) is 4.79 Å². The summed E-state index contributed by atoms with van der Waals surface area (Å²) in [6, 6.07) is 4.10. The zero-order valence-electron chi connectivity index (χ0n) is 21.5. The zero-order valence-corrected chi connectivity index (χ0v) is 21.5. The van der Waals surface area contributed by atoms with Crippen LogP contribution in [0.4, 0.5) is 0 Å². The van der Waals surface area contributed by atoms with Crippen LogP contribution in [0.25, 0.3) is 0 Å². The maximum absolute atomic E-state index is 13.6. The van der Waals surface area contributed by atoms with E-state index in [1.807, 2.05) is 26.0 Å². The van der Waals surface area contributed by atoms with Gasteiger partial charge >= 0.3 is 11.9 Å². The fraction of sp³-hybridized carbons (Fsp3) is 0.571. The van der Waals surface area contributed by atoms with E-state index in [-0.39, 0.29) is 31.1 Å². The van der Waals surface area contributed by atoms with Crippen LogP contribution in [0.1, 0.15) is 63.5 Å². The molecule has 0 unspecified atom stereocenters. The molecule has 8 nitrogen and oxygen atoms in total. The minimum atomic E-state index is -1.28. The third kappa shape index (κ3) is 4.36. The normalized spacial score (nSPS) is 28.2. The number of cyclic esters (lactones) is 1. The van der Waals surface area contributed by atoms with Gasteiger partial charge < -0.3 is 23.7 Å². The summed E-state index contributed by atoms with van der Waals surface area (Å²) < 4.78 is 28.8. The van der Waals surface area contributed by atoms with E-state index in [2.05, 4.69) is 24.0 Å². The molecule has 3 aliphatic heterocycles. The molecule has 0 amide bonds. The molecule has 0 N–H and O–H groups in total. The zero-order chi connectivity index (χ0) is 25.4. The van der Waals surface area contributed by atoms with Crippen molar-refractivity contribution >= 4 is 11.9 Å². The predicted molar refractivity (Wildman–Crippen MR) is 132 cm³/mol. The number of carbonyl (C=O) groups is 2. The number of unbranched alkanes of at least 4 members (excludes halogenated alkanes) is 1. The molecule has 0 radical (unpaired) electrons. The Labute approximate surface area is 212 Å². The first-order valence-electron chi connectivity index (χ1n) is 12.8. The summed E-state index contributed by atoms with van der Waals surface area (Å²) in [7, 11) is 1.61. The summed E-state index contributed by atoms with van der Waals surface area (Å²) in [6.07, 6.45) is 6.70. The highest BCUT2D eigenvalue weighted by molar-refractivity contribution is 5.94. The number of nitrogens with zero attached hydrogens (tertiary/aromatic N) is 1. The van der Waals surface area contributed by atoms with Gasteiger partial charge in [0.1, 0.15) is 5.76 Å². The quantitative estimate of drug-likeness (QED) is 0.393. The van der Waals surface area contributed by atoms with Gasteiger partial charge in [0.15, 0.2) is 17.6 Å². The summed E-state index contributed by atoms with van der Waals surface area (Å²) >= 11 is 0. The van der Waals surface area contributed by atoms with E-state index >= 15 is 0 Å². The highest BCUT2D eigenvalue weighted by Gasteiger charge is 2.56. The lowest BCUT2D eigenvalue weighted by atomic mass is 9.86. The molecule has 8 heteroatoms. The standard InChI is InChI=1S/C28H35NO7/c1-5-6-10-29-11-8-18-12-21-22(34-16-33-21)13-19(18)25-20(29)14-23(32-4)26(25)35-27(31)28(9-7-17(2)3)15-24(30)36-28/h7,12-14,20,25-26H,5-6,8-11,15-16H2,1-4H3/t20-,25-,26+,28+/m0/s1. The molecule has 0 bridgehead atoms. The lowest BCUT2D eigenvalue weighted by Gasteiger charge is -2.39. The second-order valence-corrected chi connectivity index (χ2v) is 10.3. The van der Waals surface area contributed by atoms with Crippen molar-refractivity contribution in [2.75, 3.05) is 27.0 Å². The average Bonchev–Trinajstić information content (AvgIpc) is 3.40. The van der Waals surface area contributed by atoms with Crippen molar-refractivity contribution in [3.63, 3.8) is 0 Å². The molecule has 0 saturated carbocycles. The van der Waals surface area contributed by atoms with Crippen molar-refractivity contribution in [2.45, 2.75) is 76.5 Å². The van der Waals surface area contributed by atoms with Gasteiger partial charge in [-0.15, -0.1) is 0 Å². The third-order valence-electron chi connectivity index (χ3n) is 7.61. The number of fused-ring (bicyclic) bond motifs is 4. The number of rotatable bonds is 8. The summed E-state index contributed by atoms with van der Waals surface area (Å²) in [5, 5.41) is 0. The molecule has 1 aliphatic carbocycles. The fourth-order valence-corrected chi connectivity index (χ4v) is 5.63. The molecule has 3 heterocycles. The molecule has 1 saturated heterocycles. The van der Waals surface area contributed by atoms with Crippen molar-refractivity contribution in [3.8, 4) is 11.5 Å². The van der Waals surface area contributed by atoms with Crippen molar-refractivity contribution in [3.05, 3.63) is 46.7 Å². The highest BCUT2D eigenvalue weighted by atomic mass is 16.7. The van der Waals surface area contributed by atoms with Crippen LogP contribution in [-0.4, -0.2) is 61.6 Å². The Balaban J connectivity index is 1.50. The second-order valence-electron chi connectivity index (χ2n) is 10.3. The van der Waals surface area contributed by atoms with Crippen molar-refractivity contribution in [2.24, 2.45) is 0 Å². The van der Waals surface area contributed by atoms with Crippen LogP contribution in [-0.2, 0) is 30.2 Å². The van der Waals surface area contributed by atoms with Crippen LogP contribution in [0.5, 0.6) is 11.5 Å². The van der Waals surface area contributed by atoms with Crippen molar-refractivity contribution in [1.29, 1.82) is 0 Å². The van der Waals surface area contributed by atoms with E-state index in [9.17, 15) is 9.59 Å². The Hall–Kier alpha value is -3.00. The molecule has 1 aromatic carbocycles. The van der Waals surface area contributed by atoms with Gasteiger partial charge in [-0.3, -0.25) is 9.69 Å². The highest BCUT2D eigenvalue weighted by Crippen LogP contribution is 2.47. The van der Waals surface area contributed by atoms with Gasteiger partial charge in [0, 0.05) is 24.9 Å². The second kappa shape index (κ2) is 9.81. The van der Waals surface area contributed by atoms with Crippen LogP contribution in [0.3, 0.4) is 0 Å². The summed E-state index contributed by atoms with van der Waals surface area (Å²) in [5.41, 5.74) is 2.00. The first-order chi connectivity index (χ1) is 17.3. The number of benzene rings is 1. The fourth-order valence-electron chi connectivity index (χ4n) is 5.63. The van der Waals surface area contributed by atoms with Crippen molar-refractivity contribution < 1.29 is 33.3 Å². The Morgan fingerprint density at radius 3 is 2.67 bits per heavy atom. The van der Waals surface area contributed by atoms with Gasteiger partial charge in [-0.2, -0.15) is 0 Å². The largest absolute Gasteiger partial charge is 0.497 e. The Morgan fingerprint density at radius 1 is 1.25 bits per heavy atom. The maximum Gasteiger partial charge on any atom is 0.352 e. The monoisotopic (exact) mass is 497 g/mol. The average molecular weight is 498 g/mol. The molecule has 0 aromatic heterocycles. The number of ether oxygens (including phenoxy) is 5. The molecule has 5 rings (SSSR count). The topological polar surface area (TPSA) is 83.5 Å². The number of allylic oxidation sites excluding steroid dienone is 1. The third-order valence-corrected chi connectivity index (χ3v) is 7.61. The minimum Gasteiger partial charge on any atom is -0.497 e. The molecule has 4 aliphatic rings.